The van der Waals surface area contributed by atoms with Crippen LogP contribution >= 0.6 is 0 Å². The topological polar surface area (TPSA) is 59.0 Å². The lowest BCUT2D eigenvalue weighted by atomic mass is 9.95. The van der Waals surface area contributed by atoms with Gasteiger partial charge in [0.2, 0.25) is 0 Å². The first kappa shape index (κ1) is 25.4. The fourth-order valence-corrected chi connectivity index (χ4v) is 4.13. The molecule has 0 bridgehead atoms. The van der Waals surface area contributed by atoms with E-state index in [1.807, 2.05) is 0 Å². The van der Waals surface area contributed by atoms with Gasteiger partial charge in [0, 0.05) is 6.42 Å². The lowest BCUT2D eigenvalue weighted by Gasteiger charge is -2.37. The summed E-state index contributed by atoms with van der Waals surface area (Å²) in [6, 6.07) is 0. The van der Waals surface area contributed by atoms with Crippen molar-refractivity contribution in [2.75, 3.05) is 13.7 Å². The fraction of sp³-hybridized carbons (Fsp3) is 0.957. The van der Waals surface area contributed by atoms with Crippen LogP contribution < -0.4 is 0 Å². The van der Waals surface area contributed by atoms with E-state index in [0.29, 0.717) is 13.0 Å². The average molecular weight is 400 g/mol. The van der Waals surface area contributed by atoms with E-state index in [-0.39, 0.29) is 11.5 Å². The van der Waals surface area contributed by atoms with Crippen LogP contribution in [0, 0.1) is 0 Å². The largest absolute Gasteiger partial charge is 0.469 e. The Morgan fingerprint density at radius 1 is 0.929 bits per heavy atom. The predicted octanol–water partition coefficient (Wildman–Crippen LogP) is 6.23. The molecule has 0 unspecified atom stereocenters. The van der Waals surface area contributed by atoms with Crippen LogP contribution in [0.25, 0.3) is 0 Å². The molecule has 0 aromatic rings. The highest BCUT2D eigenvalue weighted by atomic mass is 16.6. The van der Waals surface area contributed by atoms with E-state index >= 15 is 0 Å². The minimum Gasteiger partial charge on any atom is -0.469 e. The molecule has 28 heavy (non-hydrogen) atoms. The molecule has 0 aromatic heterocycles. The van der Waals surface area contributed by atoms with Crippen molar-refractivity contribution in [2.45, 2.75) is 128 Å². The van der Waals surface area contributed by atoms with Crippen molar-refractivity contribution >= 4 is 5.97 Å². The molecule has 1 atom stereocenters. The minimum absolute atomic E-state index is 0.0983. The minimum atomic E-state index is -0.481. The van der Waals surface area contributed by atoms with Crippen molar-refractivity contribution < 1.29 is 19.5 Å². The zero-order chi connectivity index (χ0) is 20.9. The average Bonchev–Trinajstić information content (AvgIpc) is 2.91. The second kappa shape index (κ2) is 13.6. The van der Waals surface area contributed by atoms with Crippen molar-refractivity contribution in [3.63, 3.8) is 0 Å². The number of ether oxygens (including phenoxy) is 2. The molecule has 5 heteroatoms. The molecule has 1 aliphatic heterocycles. The summed E-state index contributed by atoms with van der Waals surface area (Å²) >= 11 is 0. The maximum atomic E-state index is 11.1. The molecule has 1 heterocycles. The number of esters is 1. The van der Waals surface area contributed by atoms with Crippen molar-refractivity contribution in [3.8, 4) is 0 Å². The highest BCUT2D eigenvalue weighted by Gasteiger charge is 2.50. The molecular weight excluding hydrogens is 354 g/mol. The second-order valence-electron chi connectivity index (χ2n) is 9.07. The third-order valence-electron chi connectivity index (χ3n) is 6.00. The quantitative estimate of drug-likeness (QED) is 0.246. The number of rotatable bonds is 16. The zero-order valence-corrected chi connectivity index (χ0v) is 18.9. The summed E-state index contributed by atoms with van der Waals surface area (Å²) in [6.07, 6.45) is 16.4. The van der Waals surface area contributed by atoms with Gasteiger partial charge in [-0.25, -0.2) is 0 Å². The molecule has 1 rings (SSSR count). The van der Waals surface area contributed by atoms with Gasteiger partial charge in [-0.3, -0.25) is 4.79 Å². The maximum Gasteiger partial charge on any atom is 0.305 e. The number of hydroxylamine groups is 2. The summed E-state index contributed by atoms with van der Waals surface area (Å²) in [5, 5.41) is 12.3. The van der Waals surface area contributed by atoms with Crippen molar-refractivity contribution in [1.82, 2.24) is 5.06 Å². The molecule has 0 aromatic carbocycles. The third-order valence-corrected chi connectivity index (χ3v) is 6.00. The number of nitrogens with zero attached hydrogens (tertiary/aromatic N) is 1. The molecule has 1 fully saturated rings. The number of hydrogen-bond donors (Lipinski definition) is 1. The van der Waals surface area contributed by atoms with Gasteiger partial charge in [-0.05, 0) is 46.0 Å². The van der Waals surface area contributed by atoms with Gasteiger partial charge in [0.15, 0.2) is 0 Å². The molecule has 1 N–H and O–H groups in total. The normalized spacial score (nSPS) is 21.9. The van der Waals surface area contributed by atoms with Crippen LogP contribution in [-0.4, -0.2) is 41.2 Å². The first-order chi connectivity index (χ1) is 13.4. The van der Waals surface area contributed by atoms with Crippen LogP contribution in [0.5, 0.6) is 0 Å². The maximum absolute atomic E-state index is 11.1. The SMILES string of the molecule is CCCCCC[C@@]1(CCCCCCCCCCC(=O)OC)OCC(C)(C)N1O. The molecular formula is C23H45NO4. The van der Waals surface area contributed by atoms with Gasteiger partial charge >= 0.3 is 5.97 Å². The lowest BCUT2D eigenvalue weighted by molar-refractivity contribution is -0.256. The number of carbonyl (C=O) groups is 1. The molecule has 1 aliphatic rings. The Balaban J connectivity index is 2.20. The van der Waals surface area contributed by atoms with Crippen LogP contribution in [0.2, 0.25) is 0 Å². The van der Waals surface area contributed by atoms with E-state index in [9.17, 15) is 10.0 Å². The molecule has 0 spiro atoms. The Labute approximate surface area is 173 Å². The van der Waals surface area contributed by atoms with Crippen LogP contribution in [0.15, 0.2) is 0 Å². The smallest absolute Gasteiger partial charge is 0.305 e. The second-order valence-corrected chi connectivity index (χ2v) is 9.07. The van der Waals surface area contributed by atoms with E-state index in [1.165, 1.54) is 63.5 Å². The van der Waals surface area contributed by atoms with Gasteiger partial charge in [-0.1, -0.05) is 64.7 Å². The highest BCUT2D eigenvalue weighted by molar-refractivity contribution is 5.68. The highest BCUT2D eigenvalue weighted by Crippen LogP contribution is 2.40. The third kappa shape index (κ3) is 8.79. The summed E-state index contributed by atoms with van der Waals surface area (Å²) in [5.74, 6) is -0.0983. The first-order valence-electron chi connectivity index (χ1n) is 11.6. The van der Waals surface area contributed by atoms with Gasteiger partial charge in [-0.2, -0.15) is 5.06 Å². The predicted molar refractivity (Wildman–Crippen MR) is 113 cm³/mol. The van der Waals surface area contributed by atoms with E-state index < -0.39 is 5.72 Å². The van der Waals surface area contributed by atoms with Gasteiger partial charge < -0.3 is 14.7 Å². The standard InChI is InChI=1S/C23H45NO4/c1-5-6-7-15-18-23(24(26)22(2,3)20-28-23)19-16-13-11-9-8-10-12-14-17-21(25)27-4/h26H,5-20H2,1-4H3/t23-/m0/s1. The molecule has 0 saturated carbocycles. The molecule has 1 saturated heterocycles. The molecule has 0 radical (unpaired) electrons. The Morgan fingerprint density at radius 2 is 1.43 bits per heavy atom. The van der Waals surface area contributed by atoms with Gasteiger partial charge in [-0.15, -0.1) is 0 Å². The Hall–Kier alpha value is -0.650. The van der Waals surface area contributed by atoms with Crippen molar-refractivity contribution in [1.29, 1.82) is 0 Å². The summed E-state index contributed by atoms with van der Waals surface area (Å²) in [4.78, 5) is 11.1. The fourth-order valence-electron chi connectivity index (χ4n) is 4.13. The van der Waals surface area contributed by atoms with E-state index in [2.05, 4.69) is 25.5 Å². The lowest BCUT2D eigenvalue weighted by Crippen LogP contribution is -2.50. The molecule has 166 valence electrons. The molecule has 5 nitrogen and oxygen atoms in total. The Kier molecular flexibility index (Phi) is 12.3. The summed E-state index contributed by atoms with van der Waals surface area (Å²) < 4.78 is 10.8. The number of hydrogen-bond acceptors (Lipinski definition) is 5. The van der Waals surface area contributed by atoms with Gasteiger partial charge in [0.05, 0.1) is 19.3 Å². The summed E-state index contributed by atoms with van der Waals surface area (Å²) in [6.45, 7) is 6.94. The zero-order valence-electron chi connectivity index (χ0n) is 18.9. The molecule has 0 aliphatic carbocycles. The van der Waals surface area contributed by atoms with Crippen molar-refractivity contribution in [2.24, 2.45) is 0 Å². The van der Waals surface area contributed by atoms with E-state index in [1.54, 1.807) is 0 Å². The number of carbonyl (C=O) groups excluding carboxylic acids is 1. The van der Waals surface area contributed by atoms with Crippen LogP contribution in [-0.2, 0) is 14.3 Å². The van der Waals surface area contributed by atoms with E-state index in [4.69, 9.17) is 4.74 Å². The van der Waals surface area contributed by atoms with Crippen molar-refractivity contribution in [3.05, 3.63) is 0 Å². The van der Waals surface area contributed by atoms with E-state index in [0.717, 1.165) is 38.5 Å². The Bertz CT molecular complexity index is 427. The van der Waals surface area contributed by atoms with Gasteiger partial charge in [0.25, 0.3) is 0 Å². The monoisotopic (exact) mass is 399 g/mol. The van der Waals surface area contributed by atoms with Crippen LogP contribution in [0.1, 0.15) is 117 Å². The number of unbranched alkanes of at least 4 members (excludes halogenated alkanes) is 10. The number of methoxy groups -OCH3 is 1. The Morgan fingerprint density at radius 3 is 1.89 bits per heavy atom. The van der Waals surface area contributed by atoms with Crippen LogP contribution in [0.3, 0.4) is 0 Å². The van der Waals surface area contributed by atoms with Gasteiger partial charge in [0.1, 0.15) is 5.72 Å². The molecule has 0 amide bonds. The summed E-state index contributed by atoms with van der Waals surface area (Å²) in [7, 11) is 1.45. The first-order valence-corrected chi connectivity index (χ1v) is 11.6. The van der Waals surface area contributed by atoms with Crippen LogP contribution in [0.4, 0.5) is 0 Å². The summed E-state index contributed by atoms with van der Waals surface area (Å²) in [5.41, 5.74) is -0.778.